The Morgan fingerprint density at radius 2 is 2.00 bits per heavy atom. The summed E-state index contributed by atoms with van der Waals surface area (Å²) in [6, 6.07) is 0. The van der Waals surface area contributed by atoms with Crippen LogP contribution in [0.25, 0.3) is 0 Å². The first-order chi connectivity index (χ1) is 3.41. The fourth-order valence-electron chi connectivity index (χ4n) is 0.677. The van der Waals surface area contributed by atoms with Crippen LogP contribution >= 0.6 is 0 Å². The molecule has 0 saturated heterocycles. The molecule has 0 spiro atoms. The Labute approximate surface area is 54.3 Å². The van der Waals surface area contributed by atoms with Gasteiger partial charge in [-0.2, -0.15) is 0 Å². The summed E-state index contributed by atoms with van der Waals surface area (Å²) in [4.78, 5) is 0. The average molecular weight is 152 g/mol. The monoisotopic (exact) mass is 150 g/mol. The van der Waals surface area contributed by atoms with E-state index in [1.54, 1.807) is 5.02 Å². The van der Waals surface area contributed by atoms with Crippen molar-refractivity contribution in [2.24, 2.45) is 0 Å². The van der Waals surface area contributed by atoms with E-state index < -0.39 is 0 Å². The third kappa shape index (κ3) is 6.62. The summed E-state index contributed by atoms with van der Waals surface area (Å²) in [5, 5.41) is 1.61. The Hall–Kier alpha value is 0.623. The summed E-state index contributed by atoms with van der Waals surface area (Å²) in [6.45, 7) is 2.27. The Kier molecular flexibility index (Phi) is 7.21. The summed E-state index contributed by atoms with van der Waals surface area (Å²) in [5.41, 5.74) is 2.43. The van der Waals surface area contributed by atoms with Crippen molar-refractivity contribution in [1.29, 1.82) is 0 Å². The fourth-order valence-corrected chi connectivity index (χ4v) is 2.47. The second-order valence-electron chi connectivity index (χ2n) is 2.06. The van der Waals surface area contributed by atoms with Crippen LogP contribution in [0.1, 0.15) is 26.2 Å². The van der Waals surface area contributed by atoms with E-state index in [4.69, 9.17) is 0 Å². The van der Waals surface area contributed by atoms with E-state index >= 15 is 0 Å². The van der Waals surface area contributed by atoms with Crippen LogP contribution in [0.15, 0.2) is 0 Å². The average Bonchev–Trinajstić information content (AvgIpc) is 1.69. The molecule has 0 aliphatic heterocycles. The summed E-state index contributed by atoms with van der Waals surface area (Å²) in [5.74, 6) is 0. The molecule has 0 amide bonds. The van der Waals surface area contributed by atoms with Gasteiger partial charge < -0.3 is 0 Å². The Morgan fingerprint density at radius 3 is 2.43 bits per heavy atom. The summed E-state index contributed by atoms with van der Waals surface area (Å²) in [7, 11) is 0. The van der Waals surface area contributed by atoms with E-state index in [1.165, 1.54) is 19.3 Å². The van der Waals surface area contributed by atoms with Gasteiger partial charge in [0.05, 0.1) is 0 Å². The molecule has 0 fully saturated rings. The molecular weight excluding hydrogens is 137 g/mol. The van der Waals surface area contributed by atoms with Crippen LogP contribution in [0.2, 0.25) is 10.5 Å². The zero-order valence-corrected chi connectivity index (χ0v) is 8.50. The van der Waals surface area contributed by atoms with Crippen LogP contribution in [0, 0.1) is 0 Å². The van der Waals surface area contributed by atoms with Gasteiger partial charge in [0.25, 0.3) is 0 Å². The minimum absolute atomic E-state index is 0.0551. The first kappa shape index (κ1) is 7.62. The van der Waals surface area contributed by atoms with Gasteiger partial charge in [0, 0.05) is 0 Å². The second kappa shape index (κ2) is 6.62. The zero-order valence-electron chi connectivity index (χ0n) is 5.54. The van der Waals surface area contributed by atoms with Gasteiger partial charge in [0.15, 0.2) is 0 Å². The summed E-state index contributed by atoms with van der Waals surface area (Å²) < 4.78 is 0. The Bertz CT molecular complexity index is 23.4. The van der Waals surface area contributed by atoms with E-state index in [9.17, 15) is 0 Å². The van der Waals surface area contributed by atoms with Crippen molar-refractivity contribution in [2.45, 2.75) is 36.7 Å². The van der Waals surface area contributed by atoms with Crippen LogP contribution in [-0.4, -0.2) is 0 Å². The number of hydrogen-bond donors (Lipinski definition) is 0. The van der Waals surface area contributed by atoms with Gasteiger partial charge in [-0.3, -0.25) is 0 Å². The molecule has 0 aromatic rings. The zero-order chi connectivity index (χ0) is 5.54. The maximum atomic E-state index is 2.43. The normalized spacial score (nSPS) is 8.29. The molecule has 0 aromatic heterocycles. The molecule has 0 N–H and O–H groups in total. The van der Waals surface area contributed by atoms with Crippen molar-refractivity contribution in [3.05, 3.63) is 0 Å². The summed E-state index contributed by atoms with van der Waals surface area (Å²) in [6.07, 6.45) is 4.38. The predicted molar refractivity (Wildman–Crippen MR) is 30.2 cm³/mol. The first-order valence-corrected chi connectivity index (χ1v) is 8.48. The third-order valence-corrected chi connectivity index (χ3v) is 3.74. The molecule has 0 aromatic carbocycles. The van der Waals surface area contributed by atoms with E-state index in [2.05, 4.69) is 12.4 Å². The van der Waals surface area contributed by atoms with Crippen LogP contribution < -0.4 is 0 Å². The van der Waals surface area contributed by atoms with E-state index in [1.807, 2.05) is 0 Å². The standard InChI is InChI=1S/C5H11.CH3.Zn/c1-3-5-4-2;;/h1,3-5H2,2H3;1H3;. The predicted octanol–water partition coefficient (Wildman–Crippen LogP) is 2.73. The van der Waals surface area contributed by atoms with E-state index in [-0.39, 0.29) is 17.1 Å². The molecule has 0 atom stereocenters. The van der Waals surface area contributed by atoms with E-state index in [0.29, 0.717) is 0 Å². The van der Waals surface area contributed by atoms with Gasteiger partial charge in [-0.15, -0.1) is 0 Å². The molecule has 0 saturated carbocycles. The van der Waals surface area contributed by atoms with Crippen LogP contribution in [-0.2, 0) is 17.1 Å². The van der Waals surface area contributed by atoms with Gasteiger partial charge in [-0.05, 0) is 0 Å². The van der Waals surface area contributed by atoms with Crippen molar-refractivity contribution >= 4 is 0 Å². The molecule has 0 bridgehead atoms. The molecule has 1 heteroatoms. The molecule has 0 radical (unpaired) electrons. The van der Waals surface area contributed by atoms with Crippen molar-refractivity contribution in [3.63, 3.8) is 0 Å². The molecule has 0 unspecified atom stereocenters. The quantitative estimate of drug-likeness (QED) is 0.428. The third-order valence-electron chi connectivity index (χ3n) is 1.21. The molecule has 40 valence electrons. The molecule has 7 heavy (non-hydrogen) atoms. The number of hydrogen-bond acceptors (Lipinski definition) is 0. The molecule has 0 nitrogen and oxygen atoms in total. The van der Waals surface area contributed by atoms with Crippen molar-refractivity contribution in [3.8, 4) is 0 Å². The van der Waals surface area contributed by atoms with Crippen LogP contribution in [0.5, 0.6) is 0 Å². The van der Waals surface area contributed by atoms with Gasteiger partial charge in [-0.25, -0.2) is 0 Å². The number of unbranched alkanes of at least 4 members (excludes halogenated alkanes) is 2. The fraction of sp³-hybridized carbons (Fsp3) is 1.00. The van der Waals surface area contributed by atoms with Gasteiger partial charge in [0.1, 0.15) is 0 Å². The minimum atomic E-state index is 0.0551. The summed E-state index contributed by atoms with van der Waals surface area (Å²) >= 11 is 0.0551. The van der Waals surface area contributed by atoms with Gasteiger partial charge >= 0.3 is 53.8 Å². The van der Waals surface area contributed by atoms with Crippen LogP contribution in [0.4, 0.5) is 0 Å². The Morgan fingerprint density at radius 1 is 1.29 bits per heavy atom. The molecule has 0 aliphatic rings. The van der Waals surface area contributed by atoms with Crippen molar-refractivity contribution in [1.82, 2.24) is 0 Å². The second-order valence-corrected chi connectivity index (χ2v) is 5.64. The van der Waals surface area contributed by atoms with Crippen molar-refractivity contribution < 1.29 is 17.1 Å². The first-order valence-electron chi connectivity index (χ1n) is 3.41. The van der Waals surface area contributed by atoms with Gasteiger partial charge in [-0.1, -0.05) is 0 Å². The van der Waals surface area contributed by atoms with Crippen molar-refractivity contribution in [2.75, 3.05) is 0 Å². The maximum absolute atomic E-state index is 2.43. The molecular formula is C6H14Zn. The topological polar surface area (TPSA) is 0 Å². The Balaban J connectivity index is 2.45. The molecule has 0 rings (SSSR count). The SMILES string of the molecule is CCCC[CH2][Zn][CH3]. The molecule has 0 heterocycles. The van der Waals surface area contributed by atoms with E-state index in [0.717, 1.165) is 0 Å². The molecule has 0 aliphatic carbocycles. The van der Waals surface area contributed by atoms with Gasteiger partial charge in [0.2, 0.25) is 0 Å². The van der Waals surface area contributed by atoms with Crippen LogP contribution in [0.3, 0.4) is 0 Å². The number of rotatable bonds is 4.